The molecule has 110 valence electrons. The van der Waals surface area contributed by atoms with E-state index in [1.807, 2.05) is 30.3 Å². The van der Waals surface area contributed by atoms with Crippen LogP contribution in [0.4, 0.5) is 5.69 Å². The minimum Gasteiger partial charge on any atom is -0.396 e. The summed E-state index contributed by atoms with van der Waals surface area (Å²) in [7, 11) is 1.61. The monoisotopic (exact) mass is 287 g/mol. The van der Waals surface area contributed by atoms with Gasteiger partial charge in [-0.2, -0.15) is 5.10 Å². The summed E-state index contributed by atoms with van der Waals surface area (Å²) in [5.41, 5.74) is 7.15. The lowest BCUT2D eigenvalue weighted by molar-refractivity contribution is -0.120. The zero-order chi connectivity index (χ0) is 15.2. The number of nitrogens with zero attached hydrogens (tertiary/aromatic N) is 2. The highest BCUT2D eigenvalue weighted by Crippen LogP contribution is 2.08. The number of hydrogen-bond acceptors (Lipinski definition) is 4. The van der Waals surface area contributed by atoms with Crippen LogP contribution in [0.2, 0.25) is 0 Å². The van der Waals surface area contributed by atoms with Crippen molar-refractivity contribution in [3.8, 4) is 0 Å². The molecule has 2 amide bonds. The second kappa shape index (κ2) is 6.56. The van der Waals surface area contributed by atoms with E-state index in [0.29, 0.717) is 6.54 Å². The summed E-state index contributed by atoms with van der Waals surface area (Å²) < 4.78 is 1.37. The molecular formula is C14H17N5O2. The molecule has 0 aliphatic carbocycles. The van der Waals surface area contributed by atoms with Crippen molar-refractivity contribution in [3.05, 3.63) is 47.8 Å². The van der Waals surface area contributed by atoms with Gasteiger partial charge in [-0.1, -0.05) is 30.3 Å². The van der Waals surface area contributed by atoms with E-state index in [1.165, 1.54) is 10.9 Å². The van der Waals surface area contributed by atoms with E-state index in [1.54, 1.807) is 7.05 Å². The summed E-state index contributed by atoms with van der Waals surface area (Å²) >= 11 is 0. The average Bonchev–Trinajstić information content (AvgIpc) is 2.83. The number of rotatable bonds is 5. The third-order valence-electron chi connectivity index (χ3n) is 2.92. The molecule has 1 aromatic heterocycles. The Morgan fingerprint density at radius 2 is 1.95 bits per heavy atom. The lowest BCUT2D eigenvalue weighted by Crippen LogP contribution is -2.37. The third kappa shape index (κ3) is 3.82. The van der Waals surface area contributed by atoms with Gasteiger partial charge in [0.05, 0.1) is 18.4 Å². The highest BCUT2D eigenvalue weighted by Gasteiger charge is 2.15. The second-order valence-corrected chi connectivity index (χ2v) is 4.52. The minimum atomic E-state index is -0.428. The number of amides is 2. The van der Waals surface area contributed by atoms with Crippen LogP contribution >= 0.6 is 0 Å². The van der Waals surface area contributed by atoms with E-state index in [9.17, 15) is 9.59 Å². The standard InChI is InChI=1S/C14H17N5O2/c1-19-13(11(15)8-18-19)14(21)17-9-12(20)16-7-10-5-3-2-4-6-10/h2-6,8H,7,9,15H2,1H3,(H,16,20)(H,17,21). The first kappa shape index (κ1) is 14.6. The smallest absolute Gasteiger partial charge is 0.272 e. The van der Waals surface area contributed by atoms with E-state index in [4.69, 9.17) is 5.73 Å². The molecule has 7 nitrogen and oxygen atoms in total. The molecular weight excluding hydrogens is 270 g/mol. The van der Waals surface area contributed by atoms with Gasteiger partial charge in [0.1, 0.15) is 5.69 Å². The first-order valence-corrected chi connectivity index (χ1v) is 6.44. The van der Waals surface area contributed by atoms with Crippen LogP contribution in [0.15, 0.2) is 36.5 Å². The maximum Gasteiger partial charge on any atom is 0.272 e. The van der Waals surface area contributed by atoms with E-state index >= 15 is 0 Å². The van der Waals surface area contributed by atoms with E-state index in [0.717, 1.165) is 5.56 Å². The van der Waals surface area contributed by atoms with Gasteiger partial charge in [0, 0.05) is 13.6 Å². The molecule has 7 heteroatoms. The van der Waals surface area contributed by atoms with Crippen molar-refractivity contribution in [1.82, 2.24) is 20.4 Å². The first-order valence-electron chi connectivity index (χ1n) is 6.44. The highest BCUT2D eigenvalue weighted by molar-refractivity contribution is 5.99. The van der Waals surface area contributed by atoms with Crippen LogP contribution in [0.25, 0.3) is 0 Å². The predicted molar refractivity (Wildman–Crippen MR) is 78.2 cm³/mol. The van der Waals surface area contributed by atoms with Gasteiger partial charge in [-0.3, -0.25) is 14.3 Å². The first-order chi connectivity index (χ1) is 10.1. The van der Waals surface area contributed by atoms with Crippen molar-refractivity contribution < 1.29 is 9.59 Å². The fourth-order valence-electron chi connectivity index (χ4n) is 1.84. The molecule has 0 saturated carbocycles. The molecule has 4 N–H and O–H groups in total. The minimum absolute atomic E-state index is 0.115. The van der Waals surface area contributed by atoms with Crippen molar-refractivity contribution in [2.45, 2.75) is 6.54 Å². The maximum absolute atomic E-state index is 11.9. The fourth-order valence-corrected chi connectivity index (χ4v) is 1.84. The number of benzene rings is 1. The summed E-state index contributed by atoms with van der Waals surface area (Å²) in [5, 5.41) is 9.10. The lowest BCUT2D eigenvalue weighted by atomic mass is 10.2. The number of nitrogen functional groups attached to an aromatic ring is 1. The van der Waals surface area contributed by atoms with Crippen LogP contribution in [0.5, 0.6) is 0 Å². The van der Waals surface area contributed by atoms with Crippen molar-refractivity contribution in [2.24, 2.45) is 7.05 Å². The molecule has 0 aliphatic rings. The highest BCUT2D eigenvalue weighted by atomic mass is 16.2. The van der Waals surface area contributed by atoms with Crippen molar-refractivity contribution >= 4 is 17.5 Å². The number of aromatic nitrogens is 2. The van der Waals surface area contributed by atoms with Crippen LogP contribution in [-0.4, -0.2) is 28.1 Å². The Hall–Kier alpha value is -2.83. The second-order valence-electron chi connectivity index (χ2n) is 4.52. The number of carbonyl (C=O) groups excluding carboxylic acids is 2. The van der Waals surface area contributed by atoms with Gasteiger partial charge in [0.2, 0.25) is 5.91 Å². The van der Waals surface area contributed by atoms with Crippen LogP contribution in [-0.2, 0) is 18.4 Å². The molecule has 0 radical (unpaired) electrons. The van der Waals surface area contributed by atoms with Gasteiger partial charge in [-0.05, 0) is 5.56 Å². The predicted octanol–water partition coefficient (Wildman–Crippen LogP) is 0.0485. The van der Waals surface area contributed by atoms with Gasteiger partial charge in [0.25, 0.3) is 5.91 Å². The number of nitrogens with one attached hydrogen (secondary N) is 2. The molecule has 0 bridgehead atoms. The van der Waals surface area contributed by atoms with Crippen molar-refractivity contribution in [2.75, 3.05) is 12.3 Å². The van der Waals surface area contributed by atoms with E-state index in [-0.39, 0.29) is 23.8 Å². The zero-order valence-corrected chi connectivity index (χ0v) is 11.7. The normalized spacial score (nSPS) is 10.1. The van der Waals surface area contributed by atoms with Gasteiger partial charge >= 0.3 is 0 Å². The average molecular weight is 287 g/mol. The molecule has 0 atom stereocenters. The van der Waals surface area contributed by atoms with Gasteiger partial charge in [-0.25, -0.2) is 0 Å². The summed E-state index contributed by atoms with van der Waals surface area (Å²) in [4.78, 5) is 23.6. The Bertz CT molecular complexity index is 617. The summed E-state index contributed by atoms with van der Waals surface area (Å²) in [6.07, 6.45) is 1.39. The summed E-state index contributed by atoms with van der Waals surface area (Å²) in [6, 6.07) is 9.52. The van der Waals surface area contributed by atoms with Crippen molar-refractivity contribution in [1.29, 1.82) is 0 Å². The van der Waals surface area contributed by atoms with Gasteiger partial charge in [-0.15, -0.1) is 0 Å². The number of hydrogen-bond donors (Lipinski definition) is 3. The largest absolute Gasteiger partial charge is 0.396 e. The Morgan fingerprint density at radius 3 is 2.57 bits per heavy atom. The SMILES string of the molecule is Cn1ncc(N)c1C(=O)NCC(=O)NCc1ccccc1. The quantitative estimate of drug-likeness (QED) is 0.723. The molecule has 0 saturated heterocycles. The number of nitrogens with two attached hydrogens (primary N) is 1. The van der Waals surface area contributed by atoms with Crippen LogP contribution in [0.1, 0.15) is 16.1 Å². The van der Waals surface area contributed by atoms with E-state index in [2.05, 4.69) is 15.7 Å². The topological polar surface area (TPSA) is 102 Å². The summed E-state index contributed by atoms with van der Waals surface area (Å²) in [5.74, 6) is -0.699. The summed E-state index contributed by atoms with van der Waals surface area (Å²) in [6.45, 7) is 0.305. The third-order valence-corrected chi connectivity index (χ3v) is 2.92. The maximum atomic E-state index is 11.9. The molecule has 0 fully saturated rings. The number of anilines is 1. The Kier molecular flexibility index (Phi) is 4.55. The Morgan fingerprint density at radius 1 is 1.24 bits per heavy atom. The van der Waals surface area contributed by atoms with Crippen LogP contribution in [0, 0.1) is 0 Å². The van der Waals surface area contributed by atoms with Crippen molar-refractivity contribution in [3.63, 3.8) is 0 Å². The molecule has 2 aromatic rings. The molecule has 21 heavy (non-hydrogen) atoms. The molecule has 0 spiro atoms. The number of aryl methyl sites for hydroxylation is 1. The molecule has 0 unspecified atom stereocenters. The van der Waals surface area contributed by atoms with Crippen LogP contribution in [0.3, 0.4) is 0 Å². The Balaban J connectivity index is 1.80. The molecule has 1 aromatic carbocycles. The van der Waals surface area contributed by atoms with Gasteiger partial charge < -0.3 is 16.4 Å². The fraction of sp³-hybridized carbons (Fsp3) is 0.214. The molecule has 2 rings (SSSR count). The molecule has 1 heterocycles. The zero-order valence-electron chi connectivity index (χ0n) is 11.7. The van der Waals surface area contributed by atoms with E-state index < -0.39 is 5.91 Å². The lowest BCUT2D eigenvalue weighted by Gasteiger charge is -2.07. The molecule has 0 aliphatic heterocycles. The number of carbonyl (C=O) groups is 2. The Labute approximate surface area is 122 Å². The van der Waals surface area contributed by atoms with Gasteiger partial charge in [0.15, 0.2) is 0 Å². The van der Waals surface area contributed by atoms with Crippen LogP contribution < -0.4 is 16.4 Å².